The van der Waals surface area contributed by atoms with Crippen LogP contribution in [0.3, 0.4) is 0 Å². The standard InChI is InChI=1S/C18H18BrN3O3/c1-12(23)22-14-8-6-13(7-9-14)17(24)20-10-11-21-18(25)15-4-2-3-5-16(15)19/h2-9H,10-11H2,1H3,(H,20,24)(H,21,25)(H,22,23). The fourth-order valence-corrected chi connectivity index (χ4v) is 2.57. The van der Waals surface area contributed by atoms with Gasteiger partial charge in [0.05, 0.1) is 5.56 Å². The molecule has 0 aliphatic rings. The van der Waals surface area contributed by atoms with Crippen LogP contribution in [0.2, 0.25) is 0 Å². The van der Waals surface area contributed by atoms with E-state index in [4.69, 9.17) is 0 Å². The second kappa shape index (κ2) is 8.98. The van der Waals surface area contributed by atoms with Crippen LogP contribution in [0.25, 0.3) is 0 Å². The Morgan fingerprint density at radius 2 is 1.48 bits per heavy atom. The van der Waals surface area contributed by atoms with Crippen molar-refractivity contribution in [3.63, 3.8) is 0 Å². The molecule has 0 unspecified atom stereocenters. The van der Waals surface area contributed by atoms with Gasteiger partial charge in [-0.3, -0.25) is 14.4 Å². The minimum absolute atomic E-state index is 0.169. The van der Waals surface area contributed by atoms with Crippen LogP contribution in [-0.4, -0.2) is 30.8 Å². The summed E-state index contributed by atoms with van der Waals surface area (Å²) in [6.07, 6.45) is 0. The predicted molar refractivity (Wildman–Crippen MR) is 99.6 cm³/mol. The van der Waals surface area contributed by atoms with Crippen molar-refractivity contribution in [2.45, 2.75) is 6.92 Å². The van der Waals surface area contributed by atoms with Crippen LogP contribution in [0.4, 0.5) is 5.69 Å². The highest BCUT2D eigenvalue weighted by Crippen LogP contribution is 2.15. The van der Waals surface area contributed by atoms with Gasteiger partial charge in [-0.25, -0.2) is 0 Å². The first-order chi connectivity index (χ1) is 12.0. The minimum atomic E-state index is -0.246. The summed E-state index contributed by atoms with van der Waals surface area (Å²) < 4.78 is 0.718. The van der Waals surface area contributed by atoms with Crippen LogP contribution in [0.15, 0.2) is 53.0 Å². The molecule has 0 aliphatic heterocycles. The fraction of sp³-hybridized carbons (Fsp3) is 0.167. The molecule has 7 heteroatoms. The first kappa shape index (κ1) is 18.7. The molecule has 0 aliphatic carbocycles. The van der Waals surface area contributed by atoms with Gasteiger partial charge in [-0.1, -0.05) is 12.1 Å². The van der Waals surface area contributed by atoms with Crippen molar-refractivity contribution >= 4 is 39.3 Å². The van der Waals surface area contributed by atoms with Gasteiger partial charge in [0.2, 0.25) is 5.91 Å². The molecule has 2 aromatic carbocycles. The van der Waals surface area contributed by atoms with E-state index in [2.05, 4.69) is 31.9 Å². The molecule has 3 N–H and O–H groups in total. The molecule has 0 heterocycles. The fourth-order valence-electron chi connectivity index (χ4n) is 2.10. The Labute approximate surface area is 154 Å². The van der Waals surface area contributed by atoms with Crippen molar-refractivity contribution in [2.24, 2.45) is 0 Å². The van der Waals surface area contributed by atoms with Gasteiger partial charge in [-0.05, 0) is 52.3 Å². The Hall–Kier alpha value is -2.67. The molecule has 130 valence electrons. The molecular formula is C18H18BrN3O3. The Kier molecular flexibility index (Phi) is 6.71. The average molecular weight is 404 g/mol. The van der Waals surface area contributed by atoms with E-state index in [1.807, 2.05) is 6.07 Å². The van der Waals surface area contributed by atoms with E-state index < -0.39 is 0 Å². The van der Waals surface area contributed by atoms with Crippen molar-refractivity contribution in [1.29, 1.82) is 0 Å². The van der Waals surface area contributed by atoms with Crippen molar-refractivity contribution in [1.82, 2.24) is 10.6 Å². The zero-order valence-electron chi connectivity index (χ0n) is 13.6. The highest BCUT2D eigenvalue weighted by molar-refractivity contribution is 9.10. The summed E-state index contributed by atoms with van der Waals surface area (Å²) in [7, 11) is 0. The molecule has 6 nitrogen and oxygen atoms in total. The maximum Gasteiger partial charge on any atom is 0.252 e. The molecule has 0 aromatic heterocycles. The summed E-state index contributed by atoms with van der Waals surface area (Å²) in [5, 5.41) is 8.11. The van der Waals surface area contributed by atoms with Gasteiger partial charge in [0, 0.05) is 35.7 Å². The van der Waals surface area contributed by atoms with E-state index in [9.17, 15) is 14.4 Å². The number of hydrogen-bond donors (Lipinski definition) is 3. The quantitative estimate of drug-likeness (QED) is 0.647. The van der Waals surface area contributed by atoms with Gasteiger partial charge in [0.15, 0.2) is 0 Å². The Balaban J connectivity index is 1.78. The third kappa shape index (κ3) is 5.72. The summed E-state index contributed by atoms with van der Waals surface area (Å²) in [6, 6.07) is 13.7. The first-order valence-corrected chi connectivity index (χ1v) is 8.45. The van der Waals surface area contributed by atoms with Crippen molar-refractivity contribution in [2.75, 3.05) is 18.4 Å². The molecule has 0 radical (unpaired) electrons. The average Bonchev–Trinajstić information content (AvgIpc) is 2.59. The maximum atomic E-state index is 12.0. The van der Waals surface area contributed by atoms with Crippen molar-refractivity contribution in [3.8, 4) is 0 Å². The number of halogens is 1. The number of amides is 3. The van der Waals surface area contributed by atoms with Gasteiger partial charge >= 0.3 is 0 Å². The number of anilines is 1. The summed E-state index contributed by atoms with van der Waals surface area (Å²) >= 11 is 3.32. The van der Waals surface area contributed by atoms with Crippen LogP contribution in [0, 0.1) is 0 Å². The zero-order chi connectivity index (χ0) is 18.2. The third-order valence-corrected chi connectivity index (χ3v) is 3.97. The van der Waals surface area contributed by atoms with Crippen LogP contribution >= 0.6 is 15.9 Å². The highest BCUT2D eigenvalue weighted by Gasteiger charge is 2.09. The smallest absolute Gasteiger partial charge is 0.252 e. The number of nitrogens with one attached hydrogen (secondary N) is 3. The number of hydrogen-bond acceptors (Lipinski definition) is 3. The minimum Gasteiger partial charge on any atom is -0.350 e. The molecular weight excluding hydrogens is 386 g/mol. The van der Waals surface area contributed by atoms with E-state index in [-0.39, 0.29) is 17.7 Å². The van der Waals surface area contributed by atoms with E-state index >= 15 is 0 Å². The molecule has 3 amide bonds. The second-order valence-electron chi connectivity index (χ2n) is 5.25. The van der Waals surface area contributed by atoms with Gasteiger partial charge in [0.1, 0.15) is 0 Å². The lowest BCUT2D eigenvalue weighted by Gasteiger charge is -2.09. The molecule has 25 heavy (non-hydrogen) atoms. The summed E-state index contributed by atoms with van der Waals surface area (Å²) in [4.78, 5) is 35.0. The largest absolute Gasteiger partial charge is 0.350 e. The predicted octanol–water partition coefficient (Wildman–Crippen LogP) is 2.57. The Morgan fingerprint density at radius 1 is 0.880 bits per heavy atom. The normalized spacial score (nSPS) is 10.0. The summed E-state index contributed by atoms with van der Waals surface area (Å²) in [5.41, 5.74) is 1.65. The molecule has 0 spiro atoms. The highest BCUT2D eigenvalue weighted by atomic mass is 79.9. The topological polar surface area (TPSA) is 87.3 Å². The molecule has 0 fully saturated rings. The Bertz CT molecular complexity index is 775. The number of carbonyl (C=O) groups excluding carboxylic acids is 3. The van der Waals surface area contributed by atoms with Crippen molar-refractivity contribution in [3.05, 3.63) is 64.1 Å². The molecule has 0 bridgehead atoms. The molecule has 0 atom stereocenters. The number of benzene rings is 2. The first-order valence-electron chi connectivity index (χ1n) is 7.66. The lowest BCUT2D eigenvalue weighted by Crippen LogP contribution is -2.34. The van der Waals surface area contributed by atoms with Crippen LogP contribution in [-0.2, 0) is 4.79 Å². The van der Waals surface area contributed by atoms with E-state index in [0.29, 0.717) is 29.9 Å². The van der Waals surface area contributed by atoms with Crippen molar-refractivity contribution < 1.29 is 14.4 Å². The van der Waals surface area contributed by atoms with E-state index in [1.165, 1.54) is 6.92 Å². The third-order valence-electron chi connectivity index (χ3n) is 3.28. The van der Waals surface area contributed by atoms with E-state index in [1.54, 1.807) is 42.5 Å². The van der Waals surface area contributed by atoms with Gasteiger partial charge < -0.3 is 16.0 Å². The van der Waals surface area contributed by atoms with Gasteiger partial charge in [-0.15, -0.1) is 0 Å². The molecule has 0 saturated heterocycles. The Morgan fingerprint density at radius 3 is 2.08 bits per heavy atom. The summed E-state index contributed by atoms with van der Waals surface area (Å²) in [6.45, 7) is 2.04. The number of carbonyl (C=O) groups is 3. The van der Waals surface area contributed by atoms with E-state index in [0.717, 1.165) is 4.47 Å². The van der Waals surface area contributed by atoms with Crippen LogP contribution in [0.1, 0.15) is 27.6 Å². The molecule has 2 rings (SSSR count). The monoisotopic (exact) mass is 403 g/mol. The van der Waals surface area contributed by atoms with Crippen LogP contribution in [0.5, 0.6) is 0 Å². The summed E-state index contributed by atoms with van der Waals surface area (Å²) in [5.74, 6) is -0.621. The maximum absolute atomic E-state index is 12.0. The second-order valence-corrected chi connectivity index (χ2v) is 6.10. The lowest BCUT2D eigenvalue weighted by atomic mass is 10.2. The van der Waals surface area contributed by atoms with Crippen LogP contribution < -0.4 is 16.0 Å². The molecule has 0 saturated carbocycles. The van der Waals surface area contributed by atoms with Gasteiger partial charge in [0.25, 0.3) is 11.8 Å². The lowest BCUT2D eigenvalue weighted by molar-refractivity contribution is -0.114. The zero-order valence-corrected chi connectivity index (χ0v) is 15.2. The van der Waals surface area contributed by atoms with Gasteiger partial charge in [-0.2, -0.15) is 0 Å². The number of rotatable bonds is 6. The SMILES string of the molecule is CC(=O)Nc1ccc(C(=O)NCCNC(=O)c2ccccc2Br)cc1. The molecule has 2 aromatic rings.